The molecule has 2 aromatic carbocycles. The summed E-state index contributed by atoms with van der Waals surface area (Å²) in [6, 6.07) is 10.6. The Labute approximate surface area is 135 Å². The summed E-state index contributed by atoms with van der Waals surface area (Å²) in [7, 11) is 0. The zero-order chi connectivity index (χ0) is 14.7. The summed E-state index contributed by atoms with van der Waals surface area (Å²) in [5.41, 5.74) is 7.02. The summed E-state index contributed by atoms with van der Waals surface area (Å²) < 4.78 is 6.36. The molecule has 0 saturated heterocycles. The summed E-state index contributed by atoms with van der Waals surface area (Å²) >= 11 is 15.4. The number of nitrogens with one attached hydrogen (secondary N) is 1. The average Bonchev–Trinajstić information content (AvgIpc) is 2.42. The molecule has 3 nitrogen and oxygen atoms in total. The summed E-state index contributed by atoms with van der Waals surface area (Å²) in [6.07, 6.45) is 0. The maximum Gasteiger partial charge on any atom is 0.139 e. The number of benzene rings is 2. The first-order valence-corrected chi connectivity index (χ1v) is 7.23. The van der Waals surface area contributed by atoms with Crippen molar-refractivity contribution < 1.29 is 4.74 Å². The van der Waals surface area contributed by atoms with E-state index in [4.69, 9.17) is 39.1 Å². The number of amidine groups is 1. The van der Waals surface area contributed by atoms with Crippen LogP contribution in [0.3, 0.4) is 0 Å². The van der Waals surface area contributed by atoms with E-state index >= 15 is 0 Å². The molecule has 0 bridgehead atoms. The van der Waals surface area contributed by atoms with Gasteiger partial charge in [0.2, 0.25) is 0 Å². The summed E-state index contributed by atoms with van der Waals surface area (Å²) in [4.78, 5) is 0. The molecule has 0 saturated carbocycles. The Balaban J connectivity index is 2.09. The van der Waals surface area contributed by atoms with Crippen molar-refractivity contribution in [3.05, 3.63) is 62.0 Å². The van der Waals surface area contributed by atoms with Crippen LogP contribution in [-0.4, -0.2) is 5.84 Å². The molecule has 0 atom stereocenters. The van der Waals surface area contributed by atoms with Gasteiger partial charge in [0, 0.05) is 16.1 Å². The highest BCUT2D eigenvalue weighted by Crippen LogP contribution is 2.34. The van der Waals surface area contributed by atoms with Crippen molar-refractivity contribution in [1.82, 2.24) is 0 Å². The van der Waals surface area contributed by atoms with Crippen LogP contribution in [0.15, 0.2) is 40.9 Å². The van der Waals surface area contributed by atoms with Crippen molar-refractivity contribution in [2.45, 2.75) is 6.61 Å². The van der Waals surface area contributed by atoms with Crippen molar-refractivity contribution in [2.75, 3.05) is 0 Å². The second kappa shape index (κ2) is 6.48. The topological polar surface area (TPSA) is 59.1 Å². The number of hydrogen-bond donors (Lipinski definition) is 2. The van der Waals surface area contributed by atoms with Crippen LogP contribution in [0.2, 0.25) is 10.0 Å². The van der Waals surface area contributed by atoms with Gasteiger partial charge in [-0.2, -0.15) is 0 Å². The molecule has 104 valence electrons. The van der Waals surface area contributed by atoms with Crippen LogP contribution in [0.4, 0.5) is 0 Å². The fourth-order valence-electron chi connectivity index (χ4n) is 1.56. The Kier molecular flexibility index (Phi) is 4.91. The minimum Gasteiger partial charge on any atom is -0.487 e. The van der Waals surface area contributed by atoms with E-state index in [2.05, 4.69) is 15.9 Å². The van der Waals surface area contributed by atoms with Gasteiger partial charge in [-0.15, -0.1) is 0 Å². The Morgan fingerprint density at radius 3 is 2.40 bits per heavy atom. The standard InChI is InChI=1S/C14H11BrCl2N2O/c15-10-5-12(17)13(6-11(10)16)20-7-8-1-3-9(4-2-8)14(18)19/h1-6H,7H2,(H3,18,19). The minimum atomic E-state index is 0.0419. The molecule has 3 N–H and O–H groups in total. The third-order valence-electron chi connectivity index (χ3n) is 2.63. The average molecular weight is 374 g/mol. The Hall–Kier alpha value is -1.23. The smallest absolute Gasteiger partial charge is 0.139 e. The Morgan fingerprint density at radius 2 is 1.80 bits per heavy atom. The van der Waals surface area contributed by atoms with E-state index in [1.807, 2.05) is 12.1 Å². The van der Waals surface area contributed by atoms with E-state index in [1.165, 1.54) is 0 Å². The molecule has 20 heavy (non-hydrogen) atoms. The number of ether oxygens (including phenoxy) is 1. The van der Waals surface area contributed by atoms with E-state index in [1.54, 1.807) is 24.3 Å². The molecule has 0 radical (unpaired) electrons. The second-order valence-electron chi connectivity index (χ2n) is 4.10. The third-order valence-corrected chi connectivity index (χ3v) is 4.13. The van der Waals surface area contributed by atoms with Crippen molar-refractivity contribution >= 4 is 45.0 Å². The zero-order valence-electron chi connectivity index (χ0n) is 10.3. The Morgan fingerprint density at radius 1 is 1.15 bits per heavy atom. The molecule has 0 aliphatic rings. The number of rotatable bonds is 4. The van der Waals surface area contributed by atoms with Gasteiger partial charge < -0.3 is 10.5 Å². The first-order valence-electron chi connectivity index (χ1n) is 5.68. The fourth-order valence-corrected chi connectivity index (χ4v) is 2.40. The molecular formula is C14H11BrCl2N2O. The first-order chi connectivity index (χ1) is 9.47. The molecule has 0 aromatic heterocycles. The van der Waals surface area contributed by atoms with E-state index in [-0.39, 0.29) is 5.84 Å². The largest absolute Gasteiger partial charge is 0.487 e. The maximum absolute atomic E-state index is 7.32. The van der Waals surface area contributed by atoms with Gasteiger partial charge in [-0.05, 0) is 27.6 Å². The first kappa shape index (κ1) is 15.2. The molecule has 2 aromatic rings. The second-order valence-corrected chi connectivity index (χ2v) is 5.76. The molecule has 0 heterocycles. The highest BCUT2D eigenvalue weighted by atomic mass is 79.9. The van der Waals surface area contributed by atoms with Gasteiger partial charge in [0.05, 0.1) is 10.0 Å². The highest BCUT2D eigenvalue weighted by Gasteiger charge is 2.07. The lowest BCUT2D eigenvalue weighted by Gasteiger charge is -2.10. The van der Waals surface area contributed by atoms with Gasteiger partial charge in [0.15, 0.2) is 0 Å². The lowest BCUT2D eigenvalue weighted by molar-refractivity contribution is 0.306. The van der Waals surface area contributed by atoms with Gasteiger partial charge in [-0.1, -0.05) is 47.5 Å². The molecular weight excluding hydrogens is 363 g/mol. The van der Waals surface area contributed by atoms with Gasteiger partial charge in [0.1, 0.15) is 18.2 Å². The van der Waals surface area contributed by atoms with Crippen LogP contribution in [0.1, 0.15) is 11.1 Å². The third kappa shape index (κ3) is 3.66. The highest BCUT2D eigenvalue weighted by molar-refractivity contribution is 9.10. The van der Waals surface area contributed by atoms with Crippen LogP contribution < -0.4 is 10.5 Å². The van der Waals surface area contributed by atoms with E-state index in [0.29, 0.717) is 28.0 Å². The number of nitrogen functional groups attached to an aromatic ring is 1. The maximum atomic E-state index is 7.32. The van der Waals surface area contributed by atoms with Crippen molar-refractivity contribution in [3.63, 3.8) is 0 Å². The van der Waals surface area contributed by atoms with Crippen LogP contribution in [0, 0.1) is 5.41 Å². The zero-order valence-corrected chi connectivity index (χ0v) is 13.4. The lowest BCUT2D eigenvalue weighted by atomic mass is 10.1. The van der Waals surface area contributed by atoms with E-state index < -0.39 is 0 Å². The number of nitrogens with two attached hydrogens (primary N) is 1. The normalized spacial score (nSPS) is 10.3. The molecule has 0 aliphatic heterocycles. The fraction of sp³-hybridized carbons (Fsp3) is 0.0714. The molecule has 0 amide bonds. The number of halogens is 3. The predicted octanol–water partition coefficient (Wildman–Crippen LogP) is 4.62. The van der Waals surface area contributed by atoms with Crippen molar-refractivity contribution in [3.8, 4) is 5.75 Å². The van der Waals surface area contributed by atoms with Gasteiger partial charge in [-0.3, -0.25) is 5.41 Å². The molecule has 6 heteroatoms. The minimum absolute atomic E-state index is 0.0419. The Bertz CT molecular complexity index is 644. The van der Waals surface area contributed by atoms with Crippen LogP contribution >= 0.6 is 39.1 Å². The van der Waals surface area contributed by atoms with Crippen molar-refractivity contribution in [1.29, 1.82) is 5.41 Å². The number of hydrogen-bond acceptors (Lipinski definition) is 2. The summed E-state index contributed by atoms with van der Waals surface area (Å²) in [6.45, 7) is 0.357. The van der Waals surface area contributed by atoms with Crippen molar-refractivity contribution in [2.24, 2.45) is 5.73 Å². The van der Waals surface area contributed by atoms with Crippen LogP contribution in [0.25, 0.3) is 0 Å². The van der Waals surface area contributed by atoms with Gasteiger partial charge >= 0.3 is 0 Å². The SMILES string of the molecule is N=C(N)c1ccc(COc2cc(Cl)c(Br)cc2Cl)cc1. The monoisotopic (exact) mass is 372 g/mol. The van der Waals surface area contributed by atoms with E-state index in [9.17, 15) is 0 Å². The van der Waals surface area contributed by atoms with E-state index in [0.717, 1.165) is 10.0 Å². The molecule has 0 unspecified atom stereocenters. The lowest BCUT2D eigenvalue weighted by Crippen LogP contribution is -2.10. The summed E-state index contributed by atoms with van der Waals surface area (Å²) in [5.74, 6) is 0.565. The quantitative estimate of drug-likeness (QED) is 0.466. The van der Waals surface area contributed by atoms with Crippen LogP contribution in [-0.2, 0) is 6.61 Å². The molecule has 0 fully saturated rings. The molecule has 0 spiro atoms. The summed E-state index contributed by atoms with van der Waals surface area (Å²) in [5, 5.41) is 8.35. The van der Waals surface area contributed by atoms with Gasteiger partial charge in [-0.25, -0.2) is 0 Å². The molecule has 2 rings (SSSR count). The predicted molar refractivity (Wildman–Crippen MR) is 86.0 cm³/mol. The van der Waals surface area contributed by atoms with Gasteiger partial charge in [0.25, 0.3) is 0 Å². The molecule has 0 aliphatic carbocycles. The van der Waals surface area contributed by atoms with Crippen LogP contribution in [0.5, 0.6) is 5.75 Å².